The number of hydrogen-bond donors (Lipinski definition) is 1. The molecular formula is C12H18F3NO2. The van der Waals surface area contributed by atoms with Crippen molar-refractivity contribution < 1.29 is 22.3 Å². The van der Waals surface area contributed by atoms with E-state index in [1.54, 1.807) is 13.0 Å². The fourth-order valence-corrected chi connectivity index (χ4v) is 1.40. The summed E-state index contributed by atoms with van der Waals surface area (Å²) in [7, 11) is 0. The molecule has 1 unspecified atom stereocenters. The monoisotopic (exact) mass is 265 g/mol. The topological polar surface area (TPSA) is 34.4 Å². The Labute approximate surface area is 104 Å². The van der Waals surface area contributed by atoms with E-state index in [1.165, 1.54) is 0 Å². The number of rotatable bonds is 6. The van der Waals surface area contributed by atoms with Crippen molar-refractivity contribution in [2.75, 3.05) is 6.54 Å². The molecule has 104 valence electrons. The van der Waals surface area contributed by atoms with E-state index in [2.05, 4.69) is 5.32 Å². The highest BCUT2D eigenvalue weighted by molar-refractivity contribution is 5.20. The average Bonchev–Trinajstić information content (AvgIpc) is 2.63. The molecule has 1 aromatic rings. The van der Waals surface area contributed by atoms with Crippen molar-refractivity contribution in [2.24, 2.45) is 0 Å². The van der Waals surface area contributed by atoms with Crippen LogP contribution in [0.1, 0.15) is 30.9 Å². The van der Waals surface area contributed by atoms with Gasteiger partial charge in [-0.1, -0.05) is 6.92 Å². The summed E-state index contributed by atoms with van der Waals surface area (Å²) in [6, 6.07) is 1.72. The van der Waals surface area contributed by atoms with Gasteiger partial charge in [-0.15, -0.1) is 0 Å². The van der Waals surface area contributed by atoms with E-state index in [0.717, 1.165) is 19.0 Å². The molecule has 3 nitrogen and oxygen atoms in total. The second kappa shape index (κ2) is 6.24. The molecule has 1 heterocycles. The molecule has 0 amide bonds. The Bertz CT molecular complexity index is 374. The minimum atomic E-state index is -4.34. The summed E-state index contributed by atoms with van der Waals surface area (Å²) >= 11 is 0. The highest BCUT2D eigenvalue weighted by atomic mass is 19.4. The lowest BCUT2D eigenvalue weighted by Crippen LogP contribution is -2.28. The summed E-state index contributed by atoms with van der Waals surface area (Å²) in [4.78, 5) is 0. The normalized spacial score (nSPS) is 13.9. The zero-order valence-corrected chi connectivity index (χ0v) is 10.7. The van der Waals surface area contributed by atoms with Gasteiger partial charge in [0.1, 0.15) is 18.1 Å². The Kier molecular flexibility index (Phi) is 5.22. The van der Waals surface area contributed by atoms with Gasteiger partial charge in [0.25, 0.3) is 0 Å². The summed E-state index contributed by atoms with van der Waals surface area (Å²) in [6.07, 6.45) is -6.13. The quantitative estimate of drug-likeness (QED) is 0.858. The molecule has 0 spiro atoms. The van der Waals surface area contributed by atoms with Crippen molar-refractivity contribution in [3.8, 4) is 0 Å². The molecule has 0 bridgehead atoms. The first-order chi connectivity index (χ1) is 8.34. The molecule has 18 heavy (non-hydrogen) atoms. The number of ether oxygens (including phenoxy) is 1. The number of alkyl halides is 3. The first-order valence-corrected chi connectivity index (χ1v) is 5.81. The molecule has 0 saturated carbocycles. The van der Waals surface area contributed by atoms with Gasteiger partial charge in [-0.2, -0.15) is 13.2 Å². The van der Waals surface area contributed by atoms with Crippen LogP contribution in [-0.2, 0) is 17.9 Å². The maximum atomic E-state index is 12.2. The van der Waals surface area contributed by atoms with E-state index in [4.69, 9.17) is 9.15 Å². The molecule has 0 radical (unpaired) electrons. The minimum Gasteiger partial charge on any atom is -0.464 e. The SMILES string of the molecule is CCNCc1cc(COC(C)C(F)(F)F)oc1C. The summed E-state index contributed by atoms with van der Waals surface area (Å²) < 4.78 is 46.8. The van der Waals surface area contributed by atoms with E-state index in [9.17, 15) is 13.2 Å². The molecule has 0 fully saturated rings. The van der Waals surface area contributed by atoms with Crippen LogP contribution >= 0.6 is 0 Å². The third-order valence-corrected chi connectivity index (χ3v) is 2.57. The molecular weight excluding hydrogens is 247 g/mol. The summed E-state index contributed by atoms with van der Waals surface area (Å²) in [5.74, 6) is 1.12. The van der Waals surface area contributed by atoms with Gasteiger partial charge in [0.2, 0.25) is 0 Å². The predicted molar refractivity (Wildman–Crippen MR) is 61.1 cm³/mol. The van der Waals surface area contributed by atoms with Gasteiger partial charge in [-0.3, -0.25) is 0 Å². The van der Waals surface area contributed by atoms with Crippen LogP contribution in [0.4, 0.5) is 13.2 Å². The van der Waals surface area contributed by atoms with Gasteiger partial charge in [0.05, 0.1) is 0 Å². The van der Waals surface area contributed by atoms with Crippen LogP contribution in [0.5, 0.6) is 0 Å². The Morgan fingerprint density at radius 2 is 2.11 bits per heavy atom. The van der Waals surface area contributed by atoms with Crippen molar-refractivity contribution >= 4 is 0 Å². The van der Waals surface area contributed by atoms with Gasteiger partial charge in [-0.05, 0) is 26.5 Å². The highest BCUT2D eigenvalue weighted by Gasteiger charge is 2.37. The van der Waals surface area contributed by atoms with Crippen LogP contribution < -0.4 is 5.32 Å². The van der Waals surface area contributed by atoms with Gasteiger partial charge in [0.15, 0.2) is 6.10 Å². The van der Waals surface area contributed by atoms with E-state index in [0.29, 0.717) is 18.1 Å². The van der Waals surface area contributed by atoms with Crippen LogP contribution in [0.15, 0.2) is 10.5 Å². The van der Waals surface area contributed by atoms with E-state index >= 15 is 0 Å². The van der Waals surface area contributed by atoms with Crippen molar-refractivity contribution in [1.82, 2.24) is 5.32 Å². The molecule has 0 aliphatic carbocycles. The molecule has 0 saturated heterocycles. The van der Waals surface area contributed by atoms with Crippen LogP contribution in [0.3, 0.4) is 0 Å². The molecule has 1 aromatic heterocycles. The first-order valence-electron chi connectivity index (χ1n) is 5.81. The zero-order chi connectivity index (χ0) is 13.8. The standard InChI is InChI=1S/C12H18F3NO2/c1-4-16-6-10-5-11(18-8(10)2)7-17-9(3)12(13,14)15/h5,9,16H,4,6-7H2,1-3H3. The lowest BCUT2D eigenvalue weighted by molar-refractivity contribution is -0.218. The van der Waals surface area contributed by atoms with E-state index in [1.807, 2.05) is 6.92 Å². The molecule has 0 aliphatic rings. The van der Waals surface area contributed by atoms with Gasteiger partial charge in [0, 0.05) is 12.1 Å². The van der Waals surface area contributed by atoms with Gasteiger partial charge < -0.3 is 14.5 Å². The maximum Gasteiger partial charge on any atom is 0.414 e. The largest absolute Gasteiger partial charge is 0.464 e. The minimum absolute atomic E-state index is 0.173. The Morgan fingerprint density at radius 3 is 2.67 bits per heavy atom. The molecule has 0 aliphatic heterocycles. The van der Waals surface area contributed by atoms with Crippen molar-refractivity contribution in [3.63, 3.8) is 0 Å². The second-order valence-electron chi connectivity index (χ2n) is 4.07. The van der Waals surface area contributed by atoms with Crippen LogP contribution in [0.25, 0.3) is 0 Å². The summed E-state index contributed by atoms with van der Waals surface area (Å²) in [5.41, 5.74) is 0.940. The molecule has 0 aromatic carbocycles. The lowest BCUT2D eigenvalue weighted by Gasteiger charge is -2.15. The second-order valence-corrected chi connectivity index (χ2v) is 4.07. The Balaban J connectivity index is 2.53. The molecule has 6 heteroatoms. The number of aryl methyl sites for hydroxylation is 1. The molecule has 1 N–H and O–H groups in total. The number of halogens is 3. The Morgan fingerprint density at radius 1 is 1.44 bits per heavy atom. The van der Waals surface area contributed by atoms with Crippen molar-refractivity contribution in [2.45, 2.75) is 46.2 Å². The fourth-order valence-electron chi connectivity index (χ4n) is 1.40. The zero-order valence-electron chi connectivity index (χ0n) is 10.7. The van der Waals surface area contributed by atoms with Crippen LogP contribution in [-0.4, -0.2) is 18.8 Å². The number of furan rings is 1. The van der Waals surface area contributed by atoms with Gasteiger partial charge in [-0.25, -0.2) is 0 Å². The third kappa shape index (κ3) is 4.34. The highest BCUT2D eigenvalue weighted by Crippen LogP contribution is 2.24. The summed E-state index contributed by atoms with van der Waals surface area (Å²) in [5, 5.41) is 3.13. The molecule has 1 rings (SSSR count). The van der Waals surface area contributed by atoms with Gasteiger partial charge >= 0.3 is 6.18 Å². The number of hydrogen-bond acceptors (Lipinski definition) is 3. The van der Waals surface area contributed by atoms with Crippen LogP contribution in [0.2, 0.25) is 0 Å². The summed E-state index contributed by atoms with van der Waals surface area (Å²) in [6.45, 7) is 6.03. The van der Waals surface area contributed by atoms with E-state index in [-0.39, 0.29) is 6.61 Å². The van der Waals surface area contributed by atoms with Crippen molar-refractivity contribution in [3.05, 3.63) is 23.2 Å². The Hall–Kier alpha value is -1.01. The first kappa shape index (κ1) is 15.0. The smallest absolute Gasteiger partial charge is 0.414 e. The average molecular weight is 265 g/mol. The molecule has 1 atom stereocenters. The number of nitrogens with one attached hydrogen (secondary N) is 1. The maximum absolute atomic E-state index is 12.2. The van der Waals surface area contributed by atoms with E-state index < -0.39 is 12.3 Å². The van der Waals surface area contributed by atoms with Crippen LogP contribution in [0, 0.1) is 6.92 Å². The predicted octanol–water partition coefficient (Wildman–Crippen LogP) is 3.16. The van der Waals surface area contributed by atoms with Crippen molar-refractivity contribution in [1.29, 1.82) is 0 Å². The lowest BCUT2D eigenvalue weighted by atomic mass is 10.2. The fraction of sp³-hybridized carbons (Fsp3) is 0.667. The third-order valence-electron chi connectivity index (χ3n) is 2.57.